The summed E-state index contributed by atoms with van der Waals surface area (Å²) < 4.78 is 37.2. The lowest BCUT2D eigenvalue weighted by molar-refractivity contribution is -0.230. The van der Waals surface area contributed by atoms with Crippen LogP contribution in [0.2, 0.25) is 0 Å². The monoisotopic (exact) mass is 183 g/mol. The van der Waals surface area contributed by atoms with Crippen LogP contribution in [-0.2, 0) is 0 Å². The summed E-state index contributed by atoms with van der Waals surface area (Å²) in [7, 11) is 1.63. The van der Waals surface area contributed by atoms with E-state index in [0.29, 0.717) is 6.54 Å². The number of likely N-dealkylation sites (tertiary alicyclic amines) is 1. The van der Waals surface area contributed by atoms with Crippen molar-refractivity contribution in [1.29, 1.82) is 0 Å². The summed E-state index contributed by atoms with van der Waals surface area (Å²) in [5, 5.41) is 8.72. The molecule has 12 heavy (non-hydrogen) atoms. The van der Waals surface area contributed by atoms with E-state index in [9.17, 15) is 13.2 Å². The van der Waals surface area contributed by atoms with Crippen molar-refractivity contribution < 1.29 is 18.3 Å². The maximum absolute atomic E-state index is 12.4. The molecule has 1 saturated heterocycles. The lowest BCUT2D eigenvalue weighted by Gasteiger charge is -2.29. The van der Waals surface area contributed by atoms with Gasteiger partial charge in [0.15, 0.2) is 0 Å². The molecule has 1 N–H and O–H groups in total. The van der Waals surface area contributed by atoms with Crippen LogP contribution in [0.4, 0.5) is 13.2 Å². The summed E-state index contributed by atoms with van der Waals surface area (Å²) in [6.45, 7) is -0.492. The van der Waals surface area contributed by atoms with Crippen LogP contribution in [0.1, 0.15) is 6.42 Å². The molecule has 0 aliphatic carbocycles. The lowest BCUT2D eigenvalue weighted by atomic mass is 9.87. The Morgan fingerprint density at radius 1 is 1.50 bits per heavy atom. The molecule has 1 heterocycles. The van der Waals surface area contributed by atoms with E-state index in [1.165, 1.54) is 0 Å². The number of aliphatic hydroxyl groups excluding tert-OH is 1. The molecule has 0 radical (unpaired) electrons. The molecule has 1 aliphatic rings. The first kappa shape index (κ1) is 9.80. The minimum atomic E-state index is -4.29. The normalized spacial score (nSPS) is 32.8. The van der Waals surface area contributed by atoms with Crippen LogP contribution in [0.5, 0.6) is 0 Å². The average Bonchev–Trinajstić information content (AvgIpc) is 2.31. The van der Waals surface area contributed by atoms with Gasteiger partial charge in [0.05, 0.1) is 6.61 Å². The van der Waals surface area contributed by atoms with Gasteiger partial charge in [0, 0.05) is 6.54 Å². The molecule has 0 bridgehead atoms. The van der Waals surface area contributed by atoms with Gasteiger partial charge in [-0.25, -0.2) is 0 Å². The zero-order valence-electron chi connectivity index (χ0n) is 6.86. The summed E-state index contributed by atoms with van der Waals surface area (Å²) in [4.78, 5) is 1.59. The van der Waals surface area contributed by atoms with Gasteiger partial charge in [-0.05, 0) is 20.0 Å². The number of nitrogens with zero attached hydrogens (tertiary/aromatic N) is 1. The summed E-state index contributed by atoms with van der Waals surface area (Å²) in [6.07, 6.45) is -4.28. The van der Waals surface area contributed by atoms with Crippen molar-refractivity contribution in [2.45, 2.75) is 12.6 Å². The van der Waals surface area contributed by atoms with Gasteiger partial charge in [0.1, 0.15) is 5.41 Å². The van der Waals surface area contributed by atoms with E-state index in [2.05, 4.69) is 0 Å². The highest BCUT2D eigenvalue weighted by Gasteiger charge is 2.56. The summed E-state index contributed by atoms with van der Waals surface area (Å²) in [5.74, 6) is 0. The highest BCUT2D eigenvalue weighted by atomic mass is 19.4. The van der Waals surface area contributed by atoms with Gasteiger partial charge in [-0.15, -0.1) is 0 Å². The van der Waals surface area contributed by atoms with Crippen LogP contribution in [0.3, 0.4) is 0 Å². The third-order valence-corrected chi connectivity index (χ3v) is 2.45. The number of halogens is 3. The van der Waals surface area contributed by atoms with E-state index in [1.54, 1.807) is 11.9 Å². The average molecular weight is 183 g/mol. The topological polar surface area (TPSA) is 23.5 Å². The Bertz CT molecular complexity index is 171. The minimum absolute atomic E-state index is 0.00347. The van der Waals surface area contributed by atoms with Crippen LogP contribution < -0.4 is 0 Å². The molecule has 0 unspecified atom stereocenters. The predicted octanol–water partition coefficient (Wildman–Crippen LogP) is 0.863. The third kappa shape index (κ3) is 1.43. The van der Waals surface area contributed by atoms with E-state index >= 15 is 0 Å². The second kappa shape index (κ2) is 2.88. The van der Waals surface area contributed by atoms with Crippen LogP contribution >= 0.6 is 0 Å². The zero-order chi connectivity index (χ0) is 9.41. The molecule has 0 spiro atoms. The highest BCUT2D eigenvalue weighted by molar-refractivity contribution is 4.93. The smallest absolute Gasteiger partial charge is 0.395 e. The van der Waals surface area contributed by atoms with Gasteiger partial charge in [0.25, 0.3) is 0 Å². The van der Waals surface area contributed by atoms with Crippen molar-refractivity contribution in [2.75, 3.05) is 26.7 Å². The summed E-state index contributed by atoms with van der Waals surface area (Å²) >= 11 is 0. The zero-order valence-corrected chi connectivity index (χ0v) is 6.86. The molecule has 0 aromatic heterocycles. The number of hydrogen-bond acceptors (Lipinski definition) is 2. The molecular formula is C7H12F3NO. The van der Waals surface area contributed by atoms with E-state index in [1.807, 2.05) is 0 Å². The molecule has 1 rings (SSSR count). The maximum Gasteiger partial charge on any atom is 0.397 e. The Morgan fingerprint density at radius 3 is 2.25 bits per heavy atom. The number of hydrogen-bond donors (Lipinski definition) is 1. The minimum Gasteiger partial charge on any atom is -0.395 e. The van der Waals surface area contributed by atoms with Gasteiger partial charge in [-0.1, -0.05) is 0 Å². The van der Waals surface area contributed by atoms with Crippen molar-refractivity contribution in [3.05, 3.63) is 0 Å². The fraction of sp³-hybridized carbons (Fsp3) is 1.00. The van der Waals surface area contributed by atoms with Gasteiger partial charge < -0.3 is 10.0 Å². The summed E-state index contributed by atoms with van der Waals surface area (Å²) in [5.41, 5.74) is -1.87. The standard InChI is InChI=1S/C7H12F3NO/c1-11-3-2-6(4-11,5-12)7(8,9)10/h12H,2-5H2,1H3/t6-/m0/s1. The van der Waals surface area contributed by atoms with E-state index in [-0.39, 0.29) is 13.0 Å². The number of rotatable bonds is 1. The predicted molar refractivity (Wildman–Crippen MR) is 37.7 cm³/mol. The first-order valence-electron chi connectivity index (χ1n) is 3.77. The highest BCUT2D eigenvalue weighted by Crippen LogP contribution is 2.44. The molecule has 0 aromatic rings. The van der Waals surface area contributed by atoms with Gasteiger partial charge >= 0.3 is 6.18 Å². The van der Waals surface area contributed by atoms with Crippen molar-refractivity contribution in [3.8, 4) is 0 Å². The molecule has 72 valence electrons. The second-order valence-electron chi connectivity index (χ2n) is 3.42. The first-order chi connectivity index (χ1) is 5.41. The third-order valence-electron chi connectivity index (χ3n) is 2.45. The molecule has 0 saturated carbocycles. The molecule has 0 amide bonds. The molecule has 0 aromatic carbocycles. The van der Waals surface area contributed by atoms with Crippen LogP contribution in [-0.4, -0.2) is 42.9 Å². The van der Waals surface area contributed by atoms with Crippen LogP contribution in [0, 0.1) is 5.41 Å². The first-order valence-corrected chi connectivity index (χ1v) is 3.77. The Balaban J connectivity index is 2.78. The number of aliphatic hydroxyl groups is 1. The Hall–Kier alpha value is -0.290. The van der Waals surface area contributed by atoms with Gasteiger partial charge in [-0.2, -0.15) is 13.2 Å². The largest absolute Gasteiger partial charge is 0.397 e. The van der Waals surface area contributed by atoms with Crippen LogP contribution in [0.15, 0.2) is 0 Å². The van der Waals surface area contributed by atoms with Crippen LogP contribution in [0.25, 0.3) is 0 Å². The Labute approximate surface area is 69.0 Å². The van der Waals surface area contributed by atoms with E-state index in [4.69, 9.17) is 5.11 Å². The van der Waals surface area contributed by atoms with Gasteiger partial charge in [0.2, 0.25) is 0 Å². The second-order valence-corrected chi connectivity index (χ2v) is 3.42. The van der Waals surface area contributed by atoms with Crippen molar-refractivity contribution in [1.82, 2.24) is 4.90 Å². The molecule has 2 nitrogen and oxygen atoms in total. The van der Waals surface area contributed by atoms with E-state index < -0.39 is 18.2 Å². The van der Waals surface area contributed by atoms with E-state index in [0.717, 1.165) is 0 Å². The quantitative estimate of drug-likeness (QED) is 0.651. The Kier molecular flexibility index (Phi) is 2.35. The molecule has 1 aliphatic heterocycles. The number of alkyl halides is 3. The SMILES string of the molecule is CN1CC[C@](CO)(C(F)(F)F)C1. The Morgan fingerprint density at radius 2 is 2.08 bits per heavy atom. The molecular weight excluding hydrogens is 171 g/mol. The molecule has 5 heteroatoms. The molecule has 1 atom stereocenters. The fourth-order valence-corrected chi connectivity index (χ4v) is 1.53. The lowest BCUT2D eigenvalue weighted by Crippen LogP contribution is -2.43. The maximum atomic E-state index is 12.4. The molecule has 1 fully saturated rings. The van der Waals surface area contributed by atoms with Crippen molar-refractivity contribution >= 4 is 0 Å². The summed E-state index contributed by atoms with van der Waals surface area (Å²) in [6, 6.07) is 0. The fourth-order valence-electron chi connectivity index (χ4n) is 1.53. The van der Waals surface area contributed by atoms with Gasteiger partial charge in [-0.3, -0.25) is 0 Å². The van der Waals surface area contributed by atoms with Crippen molar-refractivity contribution in [3.63, 3.8) is 0 Å². The van der Waals surface area contributed by atoms with Crippen molar-refractivity contribution in [2.24, 2.45) is 5.41 Å².